The van der Waals surface area contributed by atoms with Gasteiger partial charge < -0.3 is 0 Å². The molecule has 0 aromatic carbocycles. The number of hydrogen-bond donors (Lipinski definition) is 0. The SMILES string of the molecule is CC(C)=CCCC(C)=CC=CC(C)=CC=CC(C)=CC=CC=C(C)C=CC=C(C)C=CC=C(C)CCCC(C)C. The van der Waals surface area contributed by atoms with Gasteiger partial charge in [-0.05, 0) is 87.0 Å². The fraction of sp³-hybridized carbons (Fsp3) is 0.400. The topological polar surface area (TPSA) is 0 Å². The number of allylic oxidation sites excluding steroid dienone is 24. The zero-order valence-electron chi connectivity index (χ0n) is 27.4. The maximum atomic E-state index is 2.30. The quantitative estimate of drug-likeness (QED) is 0.128. The third-order valence-electron chi connectivity index (χ3n) is 6.19. The zero-order chi connectivity index (χ0) is 30.2. The second-order valence-electron chi connectivity index (χ2n) is 11.6. The van der Waals surface area contributed by atoms with Gasteiger partial charge in [-0.15, -0.1) is 0 Å². The molecule has 0 heteroatoms. The molecule has 0 bridgehead atoms. The van der Waals surface area contributed by atoms with Gasteiger partial charge in [0, 0.05) is 0 Å². The summed E-state index contributed by atoms with van der Waals surface area (Å²) in [5.74, 6) is 0.793. The predicted molar refractivity (Wildman–Crippen MR) is 186 cm³/mol. The summed E-state index contributed by atoms with van der Waals surface area (Å²) in [5.41, 5.74) is 9.18. The van der Waals surface area contributed by atoms with E-state index in [0.29, 0.717) is 0 Å². The predicted octanol–water partition coefficient (Wildman–Crippen LogP) is 13.0. The van der Waals surface area contributed by atoms with Crippen LogP contribution >= 0.6 is 0 Å². The van der Waals surface area contributed by atoms with Crippen LogP contribution in [0.5, 0.6) is 0 Å². The third-order valence-corrected chi connectivity index (χ3v) is 6.19. The Hall–Kier alpha value is -3.12. The largest absolute Gasteiger partial charge is 0.0856 e. The molecule has 0 nitrogen and oxygen atoms in total. The molecule has 0 rings (SSSR count). The van der Waals surface area contributed by atoms with Crippen molar-refractivity contribution in [3.05, 3.63) is 142 Å². The van der Waals surface area contributed by atoms with E-state index in [0.717, 1.165) is 18.8 Å². The Morgan fingerprint density at radius 2 is 0.850 bits per heavy atom. The van der Waals surface area contributed by atoms with Crippen LogP contribution in [0.1, 0.15) is 101 Å². The monoisotopic (exact) mass is 538 g/mol. The van der Waals surface area contributed by atoms with E-state index in [1.165, 1.54) is 58.3 Å². The summed E-state index contributed by atoms with van der Waals surface area (Å²) < 4.78 is 0. The van der Waals surface area contributed by atoms with Crippen LogP contribution in [0.3, 0.4) is 0 Å². The second-order valence-corrected chi connectivity index (χ2v) is 11.6. The van der Waals surface area contributed by atoms with Crippen LogP contribution in [-0.4, -0.2) is 0 Å². The van der Waals surface area contributed by atoms with Crippen LogP contribution in [0.25, 0.3) is 0 Å². The van der Waals surface area contributed by atoms with E-state index in [-0.39, 0.29) is 0 Å². The molecule has 0 spiro atoms. The first kappa shape index (κ1) is 36.9. The van der Waals surface area contributed by atoms with Crippen molar-refractivity contribution in [3.8, 4) is 0 Å². The zero-order valence-corrected chi connectivity index (χ0v) is 27.4. The molecular formula is C40H58. The van der Waals surface area contributed by atoms with Crippen LogP contribution in [0.2, 0.25) is 0 Å². The normalized spacial score (nSPS) is 15.4. The minimum Gasteiger partial charge on any atom is -0.0856 e. The molecule has 0 fully saturated rings. The Balaban J connectivity index is 4.67. The van der Waals surface area contributed by atoms with Gasteiger partial charge in [-0.1, -0.05) is 163 Å². The van der Waals surface area contributed by atoms with Crippen molar-refractivity contribution < 1.29 is 0 Å². The fourth-order valence-corrected chi connectivity index (χ4v) is 3.61. The van der Waals surface area contributed by atoms with Gasteiger partial charge in [-0.25, -0.2) is 0 Å². The molecule has 0 aromatic heterocycles. The summed E-state index contributed by atoms with van der Waals surface area (Å²) in [6.45, 7) is 21.8. The highest BCUT2D eigenvalue weighted by Gasteiger charge is 1.94. The van der Waals surface area contributed by atoms with Crippen LogP contribution in [0, 0.1) is 5.92 Å². The van der Waals surface area contributed by atoms with Gasteiger partial charge in [-0.3, -0.25) is 0 Å². The lowest BCUT2D eigenvalue weighted by molar-refractivity contribution is 0.555. The molecule has 0 aromatic rings. The van der Waals surface area contributed by atoms with Gasteiger partial charge in [0.15, 0.2) is 0 Å². The van der Waals surface area contributed by atoms with Crippen LogP contribution in [-0.2, 0) is 0 Å². The second kappa shape index (κ2) is 23.7. The lowest BCUT2D eigenvalue weighted by Gasteiger charge is -2.03. The maximum Gasteiger partial charge on any atom is -0.0285 e. The molecule has 0 unspecified atom stereocenters. The maximum absolute atomic E-state index is 2.30. The van der Waals surface area contributed by atoms with Crippen molar-refractivity contribution in [3.63, 3.8) is 0 Å². The highest BCUT2D eigenvalue weighted by Crippen LogP contribution is 2.12. The molecule has 0 saturated carbocycles. The highest BCUT2D eigenvalue weighted by atomic mass is 14.0. The van der Waals surface area contributed by atoms with Crippen molar-refractivity contribution in [2.75, 3.05) is 0 Å². The van der Waals surface area contributed by atoms with Crippen molar-refractivity contribution in [2.45, 2.75) is 101 Å². The summed E-state index contributed by atoms with van der Waals surface area (Å²) >= 11 is 0. The van der Waals surface area contributed by atoms with Crippen molar-refractivity contribution >= 4 is 0 Å². The summed E-state index contributed by atoms with van der Waals surface area (Å²) in [6, 6.07) is 0. The Labute approximate surface area is 249 Å². The van der Waals surface area contributed by atoms with Crippen LogP contribution in [0.15, 0.2) is 142 Å². The van der Waals surface area contributed by atoms with Gasteiger partial charge in [0.25, 0.3) is 0 Å². The van der Waals surface area contributed by atoms with Gasteiger partial charge in [0.2, 0.25) is 0 Å². The summed E-state index contributed by atoms with van der Waals surface area (Å²) in [7, 11) is 0. The molecule has 0 heterocycles. The molecule has 0 aliphatic rings. The van der Waals surface area contributed by atoms with Gasteiger partial charge >= 0.3 is 0 Å². The third kappa shape index (κ3) is 25.2. The smallest absolute Gasteiger partial charge is 0.0285 e. The molecule has 0 radical (unpaired) electrons. The molecule has 0 atom stereocenters. The number of hydrogen-bond acceptors (Lipinski definition) is 0. The number of rotatable bonds is 17. The van der Waals surface area contributed by atoms with Gasteiger partial charge in [0.05, 0.1) is 0 Å². The molecule has 0 aliphatic heterocycles. The minimum atomic E-state index is 0.793. The van der Waals surface area contributed by atoms with E-state index < -0.39 is 0 Å². The first-order valence-electron chi connectivity index (χ1n) is 15.0. The van der Waals surface area contributed by atoms with E-state index in [9.17, 15) is 0 Å². The first-order chi connectivity index (χ1) is 19.0. The lowest BCUT2D eigenvalue weighted by atomic mass is 10.0. The molecule has 0 aliphatic carbocycles. The first-order valence-corrected chi connectivity index (χ1v) is 15.0. The standard InChI is InChI=1S/C40H58/c1-33(2)19-13-23-37(7)27-17-31-39(9)29-15-25-35(5)21-11-12-22-36(6)26-16-30-40(10)32-18-28-38(8)24-14-20-34(3)4/h11-12,15-19,21-22,25-32,34H,13-14,20,23-24H2,1-10H3. The molecular weight excluding hydrogens is 480 g/mol. The van der Waals surface area contributed by atoms with Gasteiger partial charge in [-0.2, -0.15) is 0 Å². The summed E-state index contributed by atoms with van der Waals surface area (Å²) in [4.78, 5) is 0. The van der Waals surface area contributed by atoms with Crippen molar-refractivity contribution in [2.24, 2.45) is 5.92 Å². The Morgan fingerprint density at radius 1 is 0.475 bits per heavy atom. The lowest BCUT2D eigenvalue weighted by Crippen LogP contribution is -1.87. The highest BCUT2D eigenvalue weighted by molar-refractivity contribution is 5.32. The van der Waals surface area contributed by atoms with Crippen molar-refractivity contribution in [1.82, 2.24) is 0 Å². The minimum absolute atomic E-state index is 0.793. The van der Waals surface area contributed by atoms with Crippen molar-refractivity contribution in [1.29, 1.82) is 0 Å². The van der Waals surface area contributed by atoms with Crippen LogP contribution in [0.4, 0.5) is 0 Å². The summed E-state index contributed by atoms with van der Waals surface area (Å²) in [6.07, 6.45) is 42.7. The Kier molecular flexibility index (Phi) is 21.9. The fourth-order valence-electron chi connectivity index (χ4n) is 3.61. The average Bonchev–Trinajstić information content (AvgIpc) is 2.86. The average molecular weight is 539 g/mol. The molecule has 0 N–H and O–H groups in total. The molecule has 218 valence electrons. The summed E-state index contributed by atoms with van der Waals surface area (Å²) in [5, 5.41) is 0. The van der Waals surface area contributed by atoms with Crippen LogP contribution < -0.4 is 0 Å². The molecule has 0 saturated heterocycles. The van der Waals surface area contributed by atoms with E-state index in [1.54, 1.807) is 0 Å². The van der Waals surface area contributed by atoms with E-state index in [4.69, 9.17) is 0 Å². The van der Waals surface area contributed by atoms with E-state index >= 15 is 0 Å². The Bertz CT molecular complexity index is 1080. The molecule has 0 amide bonds. The van der Waals surface area contributed by atoms with E-state index in [1.807, 2.05) is 0 Å². The van der Waals surface area contributed by atoms with E-state index in [2.05, 4.69) is 173 Å². The Morgan fingerprint density at radius 3 is 1.25 bits per heavy atom. The van der Waals surface area contributed by atoms with Gasteiger partial charge in [0.1, 0.15) is 0 Å². The molecule has 40 heavy (non-hydrogen) atoms.